The predicted molar refractivity (Wildman–Crippen MR) is 74.7 cm³/mol. The average Bonchev–Trinajstić information content (AvgIpc) is 2.63. The molecule has 0 fully saturated rings. The molecule has 0 aliphatic carbocycles. The fraction of sp³-hybridized carbons (Fsp3) is 0.167. The van der Waals surface area contributed by atoms with Gasteiger partial charge < -0.3 is 5.11 Å². The van der Waals surface area contributed by atoms with Crippen molar-refractivity contribution >= 4 is 43.2 Å². The molecule has 1 unspecified atom stereocenters. The fourth-order valence-electron chi connectivity index (χ4n) is 1.60. The Morgan fingerprint density at radius 1 is 1.22 bits per heavy atom. The average molecular weight is 398 g/mol. The van der Waals surface area contributed by atoms with Crippen LogP contribution >= 0.6 is 43.2 Å². The molecule has 18 heavy (non-hydrogen) atoms. The molecule has 0 radical (unpaired) electrons. The Kier molecular flexibility index (Phi) is 4.53. The molecule has 0 saturated heterocycles. The van der Waals surface area contributed by atoms with Gasteiger partial charge in [-0.1, -0.05) is 0 Å². The molecular formula is C12H8Br2F2OS. The molecule has 0 bridgehead atoms. The summed E-state index contributed by atoms with van der Waals surface area (Å²) in [5.74, 6) is -1.02. The van der Waals surface area contributed by atoms with E-state index in [0.29, 0.717) is 5.56 Å². The molecule has 0 spiro atoms. The number of aliphatic hydroxyl groups is 1. The van der Waals surface area contributed by atoms with Crippen molar-refractivity contribution in [3.63, 3.8) is 0 Å². The lowest BCUT2D eigenvalue weighted by atomic mass is 10.0. The molecule has 2 aromatic rings. The Bertz CT molecular complexity index is 571. The number of hydrogen-bond acceptors (Lipinski definition) is 2. The van der Waals surface area contributed by atoms with Gasteiger partial charge in [0, 0.05) is 12.0 Å². The molecular weight excluding hydrogens is 390 g/mol. The van der Waals surface area contributed by atoms with Crippen LogP contribution in [-0.2, 0) is 6.42 Å². The Hall–Kier alpha value is -0.300. The van der Waals surface area contributed by atoms with E-state index in [1.54, 1.807) is 6.07 Å². The van der Waals surface area contributed by atoms with Crippen molar-refractivity contribution in [2.45, 2.75) is 12.5 Å². The first-order valence-corrected chi connectivity index (χ1v) is 7.44. The first-order valence-electron chi connectivity index (χ1n) is 5.04. The van der Waals surface area contributed by atoms with Crippen molar-refractivity contribution in [3.8, 4) is 0 Å². The molecule has 96 valence electrons. The van der Waals surface area contributed by atoms with E-state index >= 15 is 0 Å². The topological polar surface area (TPSA) is 20.2 Å². The van der Waals surface area contributed by atoms with Crippen LogP contribution < -0.4 is 0 Å². The van der Waals surface area contributed by atoms with Gasteiger partial charge in [0.05, 0.1) is 13.7 Å². The van der Waals surface area contributed by atoms with Crippen LogP contribution in [-0.4, -0.2) is 5.11 Å². The molecule has 0 aliphatic heterocycles. The van der Waals surface area contributed by atoms with Gasteiger partial charge in [-0.15, -0.1) is 11.3 Å². The summed E-state index contributed by atoms with van der Waals surface area (Å²) in [6.07, 6.45) is -0.844. The SMILES string of the molecule is OC(Cc1cc(F)ccc1F)c1cc(Br)sc1Br. The van der Waals surface area contributed by atoms with E-state index in [1.807, 2.05) is 0 Å². The highest BCUT2D eigenvalue weighted by atomic mass is 79.9. The third-order valence-electron chi connectivity index (χ3n) is 2.46. The summed E-state index contributed by atoms with van der Waals surface area (Å²) in [7, 11) is 0. The molecule has 0 aliphatic rings. The highest BCUT2D eigenvalue weighted by molar-refractivity contribution is 9.12. The maximum absolute atomic E-state index is 13.5. The molecule has 1 atom stereocenters. The summed E-state index contributed by atoms with van der Waals surface area (Å²) in [6, 6.07) is 4.99. The quantitative estimate of drug-likeness (QED) is 0.786. The number of thiophene rings is 1. The van der Waals surface area contributed by atoms with Gasteiger partial charge in [0.15, 0.2) is 0 Å². The number of hydrogen-bond donors (Lipinski definition) is 1. The van der Waals surface area contributed by atoms with Crippen LogP contribution in [0.4, 0.5) is 8.78 Å². The minimum absolute atomic E-state index is 0.0331. The largest absolute Gasteiger partial charge is 0.388 e. The van der Waals surface area contributed by atoms with E-state index in [4.69, 9.17) is 0 Å². The van der Waals surface area contributed by atoms with Crippen LogP contribution in [0, 0.1) is 11.6 Å². The van der Waals surface area contributed by atoms with Crippen LogP contribution in [0.25, 0.3) is 0 Å². The molecule has 6 heteroatoms. The lowest BCUT2D eigenvalue weighted by Gasteiger charge is -2.10. The maximum Gasteiger partial charge on any atom is 0.126 e. The Morgan fingerprint density at radius 3 is 2.56 bits per heavy atom. The van der Waals surface area contributed by atoms with Gasteiger partial charge >= 0.3 is 0 Å². The van der Waals surface area contributed by atoms with Gasteiger partial charge in [-0.25, -0.2) is 8.78 Å². The van der Waals surface area contributed by atoms with Crippen LogP contribution in [0.1, 0.15) is 17.2 Å². The molecule has 0 amide bonds. The lowest BCUT2D eigenvalue weighted by Crippen LogP contribution is -2.03. The second-order valence-corrected chi connectivity index (χ2v) is 7.48. The summed E-state index contributed by atoms with van der Waals surface area (Å²) in [6.45, 7) is 0. The molecule has 2 rings (SSSR count). The van der Waals surface area contributed by atoms with E-state index in [-0.39, 0.29) is 12.0 Å². The smallest absolute Gasteiger partial charge is 0.126 e. The minimum atomic E-state index is -0.877. The minimum Gasteiger partial charge on any atom is -0.388 e. The van der Waals surface area contributed by atoms with E-state index in [2.05, 4.69) is 31.9 Å². The number of rotatable bonds is 3. The zero-order chi connectivity index (χ0) is 13.3. The van der Waals surface area contributed by atoms with Crippen LogP contribution in [0.3, 0.4) is 0 Å². The first-order chi connectivity index (χ1) is 8.47. The van der Waals surface area contributed by atoms with E-state index in [9.17, 15) is 13.9 Å². The van der Waals surface area contributed by atoms with Crippen LogP contribution in [0.15, 0.2) is 31.8 Å². The highest BCUT2D eigenvalue weighted by Crippen LogP contribution is 2.36. The second-order valence-electron chi connectivity index (χ2n) is 3.74. The molecule has 1 aromatic heterocycles. The zero-order valence-electron chi connectivity index (χ0n) is 8.96. The monoisotopic (exact) mass is 396 g/mol. The van der Waals surface area contributed by atoms with Crippen molar-refractivity contribution in [2.75, 3.05) is 0 Å². The van der Waals surface area contributed by atoms with Crippen molar-refractivity contribution in [1.82, 2.24) is 0 Å². The number of aliphatic hydroxyl groups excluding tert-OH is 1. The van der Waals surface area contributed by atoms with Gasteiger partial charge in [-0.05, 0) is 61.7 Å². The van der Waals surface area contributed by atoms with Gasteiger partial charge in [-0.2, -0.15) is 0 Å². The van der Waals surface area contributed by atoms with Gasteiger partial charge in [0.1, 0.15) is 11.6 Å². The van der Waals surface area contributed by atoms with Crippen LogP contribution in [0.5, 0.6) is 0 Å². The Balaban J connectivity index is 2.23. The molecule has 1 N–H and O–H groups in total. The third kappa shape index (κ3) is 3.17. The van der Waals surface area contributed by atoms with E-state index in [1.165, 1.54) is 11.3 Å². The second kappa shape index (κ2) is 5.77. The van der Waals surface area contributed by atoms with Crippen molar-refractivity contribution in [3.05, 3.63) is 54.6 Å². The maximum atomic E-state index is 13.5. The Labute approximate surface area is 124 Å². The normalized spacial score (nSPS) is 12.7. The van der Waals surface area contributed by atoms with Gasteiger partial charge in [-0.3, -0.25) is 0 Å². The molecule has 1 nitrogen and oxygen atoms in total. The van der Waals surface area contributed by atoms with Crippen molar-refractivity contribution in [1.29, 1.82) is 0 Å². The Morgan fingerprint density at radius 2 is 1.94 bits per heavy atom. The number of benzene rings is 1. The number of halogens is 4. The van der Waals surface area contributed by atoms with E-state index in [0.717, 1.165) is 25.8 Å². The lowest BCUT2D eigenvalue weighted by molar-refractivity contribution is 0.177. The molecule has 1 aromatic carbocycles. The predicted octanol–water partition coefficient (Wildman–Crippen LogP) is 4.83. The first kappa shape index (κ1) is 14.1. The fourth-order valence-corrected chi connectivity index (χ4v) is 4.55. The van der Waals surface area contributed by atoms with Gasteiger partial charge in [0.25, 0.3) is 0 Å². The summed E-state index contributed by atoms with van der Waals surface area (Å²) in [4.78, 5) is 0. The van der Waals surface area contributed by atoms with Crippen molar-refractivity contribution < 1.29 is 13.9 Å². The zero-order valence-corrected chi connectivity index (χ0v) is 12.9. The van der Waals surface area contributed by atoms with Crippen molar-refractivity contribution in [2.24, 2.45) is 0 Å². The van der Waals surface area contributed by atoms with Crippen LogP contribution in [0.2, 0.25) is 0 Å². The highest BCUT2D eigenvalue weighted by Gasteiger charge is 2.17. The van der Waals surface area contributed by atoms with Gasteiger partial charge in [0.2, 0.25) is 0 Å². The third-order valence-corrected chi connectivity index (χ3v) is 4.85. The molecule has 1 heterocycles. The summed E-state index contributed by atoms with van der Waals surface area (Å²) < 4.78 is 28.1. The summed E-state index contributed by atoms with van der Waals surface area (Å²) >= 11 is 8.05. The standard InChI is InChI=1S/C12H8Br2F2OS/c13-11-5-8(12(14)18-11)10(17)4-6-3-7(15)1-2-9(6)16/h1-3,5,10,17H,4H2. The van der Waals surface area contributed by atoms with E-state index < -0.39 is 17.7 Å². The summed E-state index contributed by atoms with van der Waals surface area (Å²) in [5, 5.41) is 10.1. The molecule has 0 saturated carbocycles. The summed E-state index contributed by atoms with van der Waals surface area (Å²) in [5.41, 5.74) is 0.826.